The van der Waals surface area contributed by atoms with Gasteiger partial charge in [0.25, 0.3) is 0 Å². The van der Waals surface area contributed by atoms with Gasteiger partial charge in [-0.15, -0.1) is 0 Å². The molecule has 0 unspecified atom stereocenters. The quantitative estimate of drug-likeness (QED) is 0.882. The van der Waals surface area contributed by atoms with Gasteiger partial charge < -0.3 is 5.11 Å². The van der Waals surface area contributed by atoms with E-state index in [1.165, 1.54) is 0 Å². The van der Waals surface area contributed by atoms with Gasteiger partial charge >= 0.3 is 5.97 Å². The van der Waals surface area contributed by atoms with Crippen molar-refractivity contribution in [1.82, 2.24) is 0 Å². The first kappa shape index (κ1) is 14.4. The smallest absolute Gasteiger partial charge is 0.309 e. The molecule has 0 aliphatic heterocycles. The van der Waals surface area contributed by atoms with E-state index in [9.17, 15) is 9.90 Å². The van der Waals surface area contributed by atoms with Gasteiger partial charge in [-0.05, 0) is 49.1 Å². The highest BCUT2D eigenvalue weighted by Crippen LogP contribution is 2.47. The van der Waals surface area contributed by atoms with Crippen molar-refractivity contribution in [3.63, 3.8) is 0 Å². The van der Waals surface area contributed by atoms with Gasteiger partial charge in [0.05, 0.1) is 5.41 Å². The maximum Gasteiger partial charge on any atom is 0.309 e. The topological polar surface area (TPSA) is 37.3 Å². The highest BCUT2D eigenvalue weighted by molar-refractivity contribution is 6.31. The maximum absolute atomic E-state index is 11.8. The number of halogens is 1. The van der Waals surface area contributed by atoms with Gasteiger partial charge in [0.15, 0.2) is 0 Å². The van der Waals surface area contributed by atoms with Crippen LogP contribution >= 0.6 is 11.6 Å². The Bertz CT molecular complexity index is 469. The van der Waals surface area contributed by atoms with Crippen LogP contribution in [0.4, 0.5) is 0 Å². The van der Waals surface area contributed by atoms with E-state index in [1.54, 1.807) is 0 Å². The summed E-state index contributed by atoms with van der Waals surface area (Å²) >= 11 is 6.17. The molecule has 0 atom stereocenters. The van der Waals surface area contributed by atoms with Crippen molar-refractivity contribution in [2.24, 2.45) is 10.8 Å². The van der Waals surface area contributed by atoms with E-state index in [0.29, 0.717) is 11.4 Å². The first-order valence-electron chi connectivity index (χ1n) is 6.82. The Labute approximate surface area is 119 Å². The summed E-state index contributed by atoms with van der Waals surface area (Å²) in [6, 6.07) is 7.57. The largest absolute Gasteiger partial charge is 0.481 e. The van der Waals surface area contributed by atoms with Gasteiger partial charge in [-0.1, -0.05) is 43.6 Å². The molecule has 1 fully saturated rings. The predicted molar refractivity (Wildman–Crippen MR) is 77.5 cm³/mol. The molecule has 0 saturated heterocycles. The molecule has 19 heavy (non-hydrogen) atoms. The Morgan fingerprint density at radius 1 is 1.21 bits per heavy atom. The van der Waals surface area contributed by atoms with Crippen LogP contribution in [0.2, 0.25) is 5.02 Å². The second-order valence-electron chi connectivity index (χ2n) is 6.52. The summed E-state index contributed by atoms with van der Waals surface area (Å²) in [6.07, 6.45) is 3.94. The Balaban J connectivity index is 2.23. The Morgan fingerprint density at radius 3 is 2.32 bits per heavy atom. The number of carboxylic acids is 1. The first-order valence-corrected chi connectivity index (χ1v) is 7.19. The van der Waals surface area contributed by atoms with Crippen molar-refractivity contribution >= 4 is 17.6 Å². The molecule has 1 aromatic carbocycles. The van der Waals surface area contributed by atoms with Crippen molar-refractivity contribution in [3.8, 4) is 0 Å². The number of hydrogen-bond acceptors (Lipinski definition) is 1. The Hall–Kier alpha value is -1.02. The van der Waals surface area contributed by atoms with Gasteiger partial charge in [0.2, 0.25) is 0 Å². The van der Waals surface area contributed by atoms with E-state index in [2.05, 4.69) is 13.8 Å². The zero-order valence-corrected chi connectivity index (χ0v) is 12.3. The summed E-state index contributed by atoms with van der Waals surface area (Å²) in [6.45, 7) is 4.43. The van der Waals surface area contributed by atoms with Gasteiger partial charge in [0, 0.05) is 5.02 Å². The Kier molecular flexibility index (Phi) is 3.91. The summed E-state index contributed by atoms with van der Waals surface area (Å²) in [4.78, 5) is 11.8. The number of carboxylic acid groups (broad SMARTS) is 1. The molecule has 0 spiro atoms. The van der Waals surface area contributed by atoms with Crippen LogP contribution in [0.15, 0.2) is 24.3 Å². The molecule has 0 bridgehead atoms. The molecule has 1 N–H and O–H groups in total. The molecule has 0 heterocycles. The fraction of sp³-hybridized carbons (Fsp3) is 0.562. The van der Waals surface area contributed by atoms with E-state index in [0.717, 1.165) is 31.2 Å². The average Bonchev–Trinajstić information content (AvgIpc) is 2.34. The third kappa shape index (κ3) is 3.11. The summed E-state index contributed by atoms with van der Waals surface area (Å²) in [5.74, 6) is -0.678. The maximum atomic E-state index is 11.8. The van der Waals surface area contributed by atoms with Crippen LogP contribution in [0.5, 0.6) is 0 Å². The van der Waals surface area contributed by atoms with Crippen LogP contribution in [0.25, 0.3) is 0 Å². The molecule has 1 aromatic rings. The third-order valence-electron chi connectivity index (χ3n) is 4.50. The molecular weight excluding hydrogens is 260 g/mol. The Morgan fingerprint density at radius 2 is 1.79 bits per heavy atom. The summed E-state index contributed by atoms with van der Waals surface area (Å²) in [7, 11) is 0. The minimum atomic E-state index is -0.678. The van der Waals surface area contributed by atoms with E-state index in [-0.39, 0.29) is 5.41 Å². The summed E-state index contributed by atoms with van der Waals surface area (Å²) in [5.41, 5.74) is 0.575. The van der Waals surface area contributed by atoms with Gasteiger partial charge in [0.1, 0.15) is 0 Å². The zero-order valence-electron chi connectivity index (χ0n) is 11.6. The van der Waals surface area contributed by atoms with E-state index >= 15 is 0 Å². The van der Waals surface area contributed by atoms with Crippen molar-refractivity contribution in [3.05, 3.63) is 34.9 Å². The van der Waals surface area contributed by atoms with Crippen molar-refractivity contribution in [2.45, 2.75) is 46.0 Å². The standard InChI is InChI=1S/C16H21ClO2/c1-15(2)7-9-16(10-8-15,14(18)19)11-12-5-3-4-6-13(12)17/h3-6H,7-11H2,1-2H3,(H,18,19). The molecule has 1 aliphatic carbocycles. The van der Waals surface area contributed by atoms with Gasteiger partial charge in [-0.2, -0.15) is 0 Å². The van der Waals surface area contributed by atoms with Crippen LogP contribution in [0, 0.1) is 10.8 Å². The molecule has 0 aromatic heterocycles. The van der Waals surface area contributed by atoms with E-state index in [1.807, 2.05) is 24.3 Å². The molecule has 0 amide bonds. The molecular formula is C16H21ClO2. The third-order valence-corrected chi connectivity index (χ3v) is 4.87. The molecule has 3 heteroatoms. The monoisotopic (exact) mass is 280 g/mol. The van der Waals surface area contributed by atoms with Crippen LogP contribution in [-0.4, -0.2) is 11.1 Å². The minimum Gasteiger partial charge on any atom is -0.481 e. The second-order valence-corrected chi connectivity index (χ2v) is 6.93. The SMILES string of the molecule is CC1(C)CCC(Cc2ccccc2Cl)(C(=O)O)CC1. The minimum absolute atomic E-state index is 0.263. The van der Waals surface area contributed by atoms with E-state index < -0.39 is 11.4 Å². The lowest BCUT2D eigenvalue weighted by Gasteiger charge is -2.41. The molecule has 1 saturated carbocycles. The van der Waals surface area contributed by atoms with Gasteiger partial charge in [-0.25, -0.2) is 0 Å². The normalized spacial score (nSPS) is 21.0. The number of hydrogen-bond donors (Lipinski definition) is 1. The summed E-state index contributed by atoms with van der Waals surface area (Å²) in [5, 5.41) is 10.3. The summed E-state index contributed by atoms with van der Waals surface area (Å²) < 4.78 is 0. The lowest BCUT2D eigenvalue weighted by atomic mass is 9.63. The lowest BCUT2D eigenvalue weighted by molar-refractivity contribution is -0.152. The molecule has 0 radical (unpaired) electrons. The predicted octanol–water partition coefficient (Wildman–Crippen LogP) is 4.55. The van der Waals surface area contributed by atoms with Crippen molar-refractivity contribution in [1.29, 1.82) is 0 Å². The number of carbonyl (C=O) groups is 1. The second kappa shape index (κ2) is 5.16. The number of rotatable bonds is 3. The molecule has 1 aliphatic rings. The number of aliphatic carboxylic acids is 1. The van der Waals surface area contributed by atoms with Crippen LogP contribution in [-0.2, 0) is 11.2 Å². The van der Waals surface area contributed by atoms with Crippen LogP contribution < -0.4 is 0 Å². The van der Waals surface area contributed by atoms with Crippen LogP contribution in [0.3, 0.4) is 0 Å². The molecule has 2 nitrogen and oxygen atoms in total. The highest BCUT2D eigenvalue weighted by atomic mass is 35.5. The van der Waals surface area contributed by atoms with Crippen molar-refractivity contribution in [2.75, 3.05) is 0 Å². The highest BCUT2D eigenvalue weighted by Gasteiger charge is 2.44. The lowest BCUT2D eigenvalue weighted by Crippen LogP contribution is -2.39. The fourth-order valence-electron chi connectivity index (χ4n) is 2.88. The average molecular weight is 281 g/mol. The van der Waals surface area contributed by atoms with E-state index in [4.69, 9.17) is 11.6 Å². The number of benzene rings is 1. The first-order chi connectivity index (χ1) is 8.85. The van der Waals surface area contributed by atoms with Gasteiger partial charge in [-0.3, -0.25) is 4.79 Å². The zero-order chi connectivity index (χ0) is 14.1. The fourth-order valence-corrected chi connectivity index (χ4v) is 3.08. The molecule has 2 rings (SSSR count). The van der Waals surface area contributed by atoms with Crippen LogP contribution in [0.1, 0.15) is 45.1 Å². The van der Waals surface area contributed by atoms with Crippen molar-refractivity contribution < 1.29 is 9.90 Å². The molecule has 104 valence electrons.